The number of carbonyl (C=O) groups is 1. The number of carboxylic acid groups (broad SMARTS) is 1. The molecule has 0 atom stereocenters. The molecule has 1 rings (SSSR count). The molecule has 1 heterocycles. The summed E-state index contributed by atoms with van der Waals surface area (Å²) in [6.45, 7) is 2.87. The number of hydrogen-bond donors (Lipinski definition) is 1. The first-order valence-electron chi connectivity index (χ1n) is 7.56. The standard InChI is InChI=1S/C16H25NO3/c1-2-3-4-5-6-7-8-9-12-20-14-10-11-17-15(13-14)16(18)19/h10-11,13H,2-9,12H2,1H3,(H,18,19). The summed E-state index contributed by atoms with van der Waals surface area (Å²) in [4.78, 5) is 14.5. The lowest BCUT2D eigenvalue weighted by Gasteiger charge is -2.06. The number of pyridine rings is 1. The van der Waals surface area contributed by atoms with E-state index in [1.165, 1.54) is 57.2 Å². The molecule has 0 radical (unpaired) electrons. The Morgan fingerprint density at radius 1 is 1.15 bits per heavy atom. The Bertz CT molecular complexity index is 393. The first-order valence-corrected chi connectivity index (χ1v) is 7.56. The third-order valence-electron chi connectivity index (χ3n) is 3.22. The van der Waals surface area contributed by atoms with Crippen LogP contribution in [0.4, 0.5) is 0 Å². The molecule has 4 heteroatoms. The quantitative estimate of drug-likeness (QED) is 0.613. The predicted octanol–water partition coefficient (Wildman–Crippen LogP) is 4.30. The Balaban J connectivity index is 2.06. The minimum atomic E-state index is -1.03. The number of carboxylic acids is 1. The molecule has 0 amide bonds. The van der Waals surface area contributed by atoms with Crippen molar-refractivity contribution >= 4 is 5.97 Å². The van der Waals surface area contributed by atoms with E-state index in [2.05, 4.69) is 11.9 Å². The molecule has 0 unspecified atom stereocenters. The van der Waals surface area contributed by atoms with Crippen LogP contribution in [0.5, 0.6) is 5.75 Å². The van der Waals surface area contributed by atoms with E-state index in [-0.39, 0.29) is 5.69 Å². The number of hydrogen-bond acceptors (Lipinski definition) is 3. The number of nitrogens with zero attached hydrogens (tertiary/aromatic N) is 1. The minimum absolute atomic E-state index is 0.0263. The Morgan fingerprint density at radius 2 is 1.80 bits per heavy atom. The molecule has 0 aliphatic carbocycles. The van der Waals surface area contributed by atoms with Gasteiger partial charge in [-0.3, -0.25) is 0 Å². The van der Waals surface area contributed by atoms with E-state index in [1.54, 1.807) is 6.07 Å². The summed E-state index contributed by atoms with van der Waals surface area (Å²) < 4.78 is 5.54. The molecule has 0 saturated heterocycles. The zero-order valence-corrected chi connectivity index (χ0v) is 12.3. The van der Waals surface area contributed by atoms with Crippen LogP contribution in [0.25, 0.3) is 0 Å². The Labute approximate surface area is 121 Å². The molecular formula is C16H25NO3. The lowest BCUT2D eigenvalue weighted by Crippen LogP contribution is -2.02. The second-order valence-electron chi connectivity index (χ2n) is 5.01. The van der Waals surface area contributed by atoms with Gasteiger partial charge in [0.25, 0.3) is 0 Å². The van der Waals surface area contributed by atoms with Crippen LogP contribution >= 0.6 is 0 Å². The zero-order chi connectivity index (χ0) is 14.6. The largest absolute Gasteiger partial charge is 0.493 e. The van der Waals surface area contributed by atoms with Crippen LogP contribution in [0.1, 0.15) is 68.8 Å². The molecule has 0 bridgehead atoms. The second kappa shape index (κ2) is 10.2. The molecule has 112 valence electrons. The lowest BCUT2D eigenvalue weighted by atomic mass is 10.1. The van der Waals surface area contributed by atoms with Gasteiger partial charge in [-0.15, -0.1) is 0 Å². The van der Waals surface area contributed by atoms with Gasteiger partial charge in [-0.25, -0.2) is 9.78 Å². The predicted molar refractivity (Wildman–Crippen MR) is 79.3 cm³/mol. The van der Waals surface area contributed by atoms with E-state index >= 15 is 0 Å². The number of ether oxygens (including phenoxy) is 1. The smallest absolute Gasteiger partial charge is 0.354 e. The highest BCUT2D eigenvalue weighted by Gasteiger charge is 2.05. The lowest BCUT2D eigenvalue weighted by molar-refractivity contribution is 0.0690. The molecule has 0 spiro atoms. The number of rotatable bonds is 11. The van der Waals surface area contributed by atoms with E-state index in [4.69, 9.17) is 9.84 Å². The first kappa shape index (κ1) is 16.5. The third-order valence-corrected chi connectivity index (χ3v) is 3.22. The van der Waals surface area contributed by atoms with Crippen LogP contribution in [0.2, 0.25) is 0 Å². The van der Waals surface area contributed by atoms with Crippen molar-refractivity contribution in [1.82, 2.24) is 4.98 Å². The van der Waals surface area contributed by atoms with E-state index in [1.807, 2.05) is 0 Å². The highest BCUT2D eigenvalue weighted by molar-refractivity contribution is 5.85. The Hall–Kier alpha value is -1.58. The fourth-order valence-corrected chi connectivity index (χ4v) is 2.04. The van der Waals surface area contributed by atoms with Crippen LogP contribution in [-0.4, -0.2) is 22.7 Å². The van der Waals surface area contributed by atoms with Crippen molar-refractivity contribution in [3.8, 4) is 5.75 Å². The number of unbranched alkanes of at least 4 members (excludes halogenated alkanes) is 7. The molecule has 20 heavy (non-hydrogen) atoms. The fourth-order valence-electron chi connectivity index (χ4n) is 2.04. The maximum absolute atomic E-state index is 10.8. The van der Waals surface area contributed by atoms with Gasteiger partial charge in [-0.2, -0.15) is 0 Å². The monoisotopic (exact) mass is 279 g/mol. The number of aromatic nitrogens is 1. The highest BCUT2D eigenvalue weighted by Crippen LogP contribution is 2.13. The molecule has 1 N–H and O–H groups in total. The molecule has 0 aliphatic rings. The first-order chi connectivity index (χ1) is 9.74. The topological polar surface area (TPSA) is 59.4 Å². The van der Waals surface area contributed by atoms with Crippen LogP contribution < -0.4 is 4.74 Å². The summed E-state index contributed by atoms with van der Waals surface area (Å²) >= 11 is 0. The summed E-state index contributed by atoms with van der Waals surface area (Å²) in [5.41, 5.74) is 0.0263. The molecule has 0 aliphatic heterocycles. The van der Waals surface area contributed by atoms with E-state index < -0.39 is 5.97 Å². The van der Waals surface area contributed by atoms with Gasteiger partial charge in [0.15, 0.2) is 5.69 Å². The SMILES string of the molecule is CCCCCCCCCCOc1ccnc(C(=O)O)c1. The van der Waals surface area contributed by atoms with E-state index in [0.29, 0.717) is 12.4 Å². The van der Waals surface area contributed by atoms with Crippen molar-refractivity contribution in [2.24, 2.45) is 0 Å². The highest BCUT2D eigenvalue weighted by atomic mass is 16.5. The van der Waals surface area contributed by atoms with Crippen molar-refractivity contribution in [2.45, 2.75) is 58.3 Å². The molecule has 0 aromatic carbocycles. The van der Waals surface area contributed by atoms with E-state index in [0.717, 1.165) is 6.42 Å². The summed E-state index contributed by atoms with van der Waals surface area (Å²) in [7, 11) is 0. The van der Waals surface area contributed by atoms with Crippen LogP contribution in [0.3, 0.4) is 0 Å². The normalized spacial score (nSPS) is 10.4. The summed E-state index contributed by atoms with van der Waals surface area (Å²) in [6, 6.07) is 3.16. The van der Waals surface area contributed by atoms with Gasteiger partial charge in [0.2, 0.25) is 0 Å². The van der Waals surface area contributed by atoms with Crippen molar-refractivity contribution in [3.63, 3.8) is 0 Å². The van der Waals surface area contributed by atoms with Gasteiger partial charge in [0.1, 0.15) is 5.75 Å². The van der Waals surface area contributed by atoms with Gasteiger partial charge in [-0.1, -0.05) is 51.9 Å². The summed E-state index contributed by atoms with van der Waals surface area (Å²) in [5, 5.41) is 8.82. The zero-order valence-electron chi connectivity index (χ0n) is 12.3. The average molecular weight is 279 g/mol. The van der Waals surface area contributed by atoms with Crippen molar-refractivity contribution in [2.75, 3.05) is 6.61 Å². The Morgan fingerprint density at radius 3 is 2.45 bits per heavy atom. The summed E-state index contributed by atoms with van der Waals surface area (Å²) in [5.74, 6) is -0.442. The molecule has 0 saturated carbocycles. The van der Waals surface area contributed by atoms with E-state index in [9.17, 15) is 4.79 Å². The second-order valence-corrected chi connectivity index (χ2v) is 5.01. The van der Waals surface area contributed by atoms with Crippen LogP contribution in [0.15, 0.2) is 18.3 Å². The molecule has 1 aromatic heterocycles. The van der Waals surface area contributed by atoms with Crippen molar-refractivity contribution in [1.29, 1.82) is 0 Å². The fraction of sp³-hybridized carbons (Fsp3) is 0.625. The maximum atomic E-state index is 10.8. The van der Waals surface area contributed by atoms with Gasteiger partial charge in [0.05, 0.1) is 6.61 Å². The molecular weight excluding hydrogens is 254 g/mol. The average Bonchev–Trinajstić information content (AvgIpc) is 2.46. The van der Waals surface area contributed by atoms with Crippen LogP contribution in [0, 0.1) is 0 Å². The molecule has 1 aromatic rings. The third kappa shape index (κ3) is 7.12. The van der Waals surface area contributed by atoms with Crippen molar-refractivity contribution in [3.05, 3.63) is 24.0 Å². The van der Waals surface area contributed by atoms with Gasteiger partial charge < -0.3 is 9.84 Å². The van der Waals surface area contributed by atoms with Gasteiger partial charge >= 0.3 is 5.97 Å². The summed E-state index contributed by atoms with van der Waals surface area (Å²) in [6.07, 6.45) is 11.5. The molecule has 4 nitrogen and oxygen atoms in total. The van der Waals surface area contributed by atoms with Gasteiger partial charge in [0, 0.05) is 12.3 Å². The molecule has 0 fully saturated rings. The minimum Gasteiger partial charge on any atom is -0.493 e. The van der Waals surface area contributed by atoms with Gasteiger partial charge in [-0.05, 0) is 12.5 Å². The van der Waals surface area contributed by atoms with Crippen LogP contribution in [-0.2, 0) is 0 Å². The number of aromatic carboxylic acids is 1. The maximum Gasteiger partial charge on any atom is 0.354 e. The van der Waals surface area contributed by atoms with Crippen molar-refractivity contribution < 1.29 is 14.6 Å². The Kier molecular flexibility index (Phi) is 8.43.